The second-order valence-corrected chi connectivity index (χ2v) is 3.87. The summed E-state index contributed by atoms with van der Waals surface area (Å²) in [4.78, 5) is 11.5. The summed E-state index contributed by atoms with van der Waals surface area (Å²) in [5.74, 6) is -0.846. The SMILES string of the molecule is COC(=O)c1cc(C)cc(CBr)c1OC(F)F. The highest BCUT2D eigenvalue weighted by molar-refractivity contribution is 9.08. The molecule has 0 amide bonds. The smallest absolute Gasteiger partial charge is 0.387 e. The van der Waals surface area contributed by atoms with Crippen molar-refractivity contribution in [2.45, 2.75) is 18.9 Å². The molecule has 0 atom stereocenters. The van der Waals surface area contributed by atoms with Crippen molar-refractivity contribution >= 4 is 21.9 Å². The number of aryl methyl sites for hydroxylation is 1. The van der Waals surface area contributed by atoms with E-state index in [9.17, 15) is 13.6 Å². The molecule has 3 nitrogen and oxygen atoms in total. The third kappa shape index (κ3) is 3.39. The minimum absolute atomic E-state index is 0.00208. The summed E-state index contributed by atoms with van der Waals surface area (Å²) in [6.07, 6.45) is 0. The molecule has 94 valence electrons. The molecule has 1 aromatic rings. The summed E-state index contributed by atoms with van der Waals surface area (Å²) in [7, 11) is 1.19. The van der Waals surface area contributed by atoms with Gasteiger partial charge in [-0.25, -0.2) is 4.79 Å². The molecule has 0 heterocycles. The summed E-state index contributed by atoms with van der Waals surface area (Å²) >= 11 is 3.16. The van der Waals surface area contributed by atoms with Crippen LogP contribution in [0.1, 0.15) is 21.5 Å². The number of hydrogen-bond donors (Lipinski definition) is 0. The lowest BCUT2D eigenvalue weighted by atomic mass is 10.1. The monoisotopic (exact) mass is 308 g/mol. The lowest BCUT2D eigenvalue weighted by molar-refractivity contribution is -0.0508. The molecule has 0 aliphatic heterocycles. The van der Waals surface area contributed by atoms with Crippen molar-refractivity contribution < 1.29 is 23.0 Å². The molecular formula is C11H11BrF2O3. The zero-order valence-corrected chi connectivity index (χ0v) is 10.9. The van der Waals surface area contributed by atoms with Gasteiger partial charge in [-0.05, 0) is 18.6 Å². The largest absolute Gasteiger partial charge is 0.465 e. The predicted octanol–water partition coefficient (Wildman–Crippen LogP) is 3.28. The maximum Gasteiger partial charge on any atom is 0.387 e. The first-order valence-corrected chi connectivity index (χ1v) is 5.84. The average Bonchev–Trinajstić information content (AvgIpc) is 2.29. The van der Waals surface area contributed by atoms with Crippen molar-refractivity contribution in [1.29, 1.82) is 0 Å². The van der Waals surface area contributed by atoms with Crippen LogP contribution in [0.3, 0.4) is 0 Å². The Kier molecular flexibility index (Phi) is 4.86. The quantitative estimate of drug-likeness (QED) is 0.632. The molecule has 0 unspecified atom stereocenters. The van der Waals surface area contributed by atoms with Crippen molar-refractivity contribution in [3.63, 3.8) is 0 Å². The first kappa shape index (κ1) is 13.9. The predicted molar refractivity (Wildman–Crippen MR) is 61.8 cm³/mol. The van der Waals surface area contributed by atoms with Crippen molar-refractivity contribution in [3.8, 4) is 5.75 Å². The van der Waals surface area contributed by atoms with E-state index in [1.54, 1.807) is 13.0 Å². The van der Waals surface area contributed by atoms with Crippen LogP contribution in [0.5, 0.6) is 5.75 Å². The summed E-state index contributed by atoms with van der Waals surface area (Å²) in [6, 6.07) is 3.12. The summed E-state index contributed by atoms with van der Waals surface area (Å²) in [6.45, 7) is -1.23. The molecular weight excluding hydrogens is 298 g/mol. The Bertz CT molecular complexity index is 421. The Labute approximate surface area is 106 Å². The van der Waals surface area contributed by atoms with Gasteiger partial charge in [0.05, 0.1) is 7.11 Å². The van der Waals surface area contributed by atoms with E-state index in [2.05, 4.69) is 25.4 Å². The van der Waals surface area contributed by atoms with E-state index in [0.717, 1.165) is 5.56 Å². The molecule has 1 aromatic carbocycles. The van der Waals surface area contributed by atoms with Gasteiger partial charge in [0.2, 0.25) is 0 Å². The molecule has 17 heavy (non-hydrogen) atoms. The Hall–Kier alpha value is -1.17. The van der Waals surface area contributed by atoms with Gasteiger partial charge in [-0.15, -0.1) is 0 Å². The second kappa shape index (κ2) is 5.95. The molecule has 0 aromatic heterocycles. The molecule has 0 saturated carbocycles. The summed E-state index contributed by atoms with van der Waals surface area (Å²) in [5.41, 5.74) is 1.24. The Morgan fingerprint density at radius 1 is 1.47 bits per heavy atom. The number of carbonyl (C=O) groups is 1. The topological polar surface area (TPSA) is 35.5 Å². The number of esters is 1. The van der Waals surface area contributed by atoms with E-state index in [0.29, 0.717) is 10.9 Å². The highest BCUT2D eigenvalue weighted by atomic mass is 79.9. The van der Waals surface area contributed by atoms with Crippen LogP contribution < -0.4 is 4.74 Å². The van der Waals surface area contributed by atoms with E-state index in [1.807, 2.05) is 0 Å². The lowest BCUT2D eigenvalue weighted by Crippen LogP contribution is -2.11. The van der Waals surface area contributed by atoms with Crippen LogP contribution in [0.4, 0.5) is 8.78 Å². The third-order valence-corrected chi connectivity index (χ3v) is 2.67. The van der Waals surface area contributed by atoms with Gasteiger partial charge in [-0.1, -0.05) is 22.0 Å². The van der Waals surface area contributed by atoms with E-state index < -0.39 is 12.6 Å². The van der Waals surface area contributed by atoms with E-state index in [4.69, 9.17) is 0 Å². The molecule has 0 fully saturated rings. The Morgan fingerprint density at radius 3 is 2.59 bits per heavy atom. The zero-order valence-electron chi connectivity index (χ0n) is 9.30. The van der Waals surface area contributed by atoms with Crippen LogP contribution in [-0.2, 0) is 10.1 Å². The first-order valence-electron chi connectivity index (χ1n) is 4.72. The van der Waals surface area contributed by atoms with Gasteiger partial charge in [0.25, 0.3) is 0 Å². The van der Waals surface area contributed by atoms with Gasteiger partial charge in [-0.2, -0.15) is 8.78 Å². The molecule has 1 rings (SSSR count). The van der Waals surface area contributed by atoms with Gasteiger partial charge < -0.3 is 9.47 Å². The van der Waals surface area contributed by atoms with Crippen molar-refractivity contribution in [1.82, 2.24) is 0 Å². The molecule has 0 aliphatic carbocycles. The fourth-order valence-electron chi connectivity index (χ4n) is 1.44. The Balaban J connectivity index is 3.33. The highest BCUT2D eigenvalue weighted by Crippen LogP contribution is 2.30. The number of benzene rings is 1. The van der Waals surface area contributed by atoms with Gasteiger partial charge in [-0.3, -0.25) is 0 Å². The maximum absolute atomic E-state index is 12.3. The highest BCUT2D eigenvalue weighted by Gasteiger charge is 2.20. The van der Waals surface area contributed by atoms with Crippen LogP contribution >= 0.6 is 15.9 Å². The van der Waals surface area contributed by atoms with Crippen LogP contribution in [0, 0.1) is 6.92 Å². The number of rotatable bonds is 4. The van der Waals surface area contributed by atoms with Crippen LogP contribution in [0.2, 0.25) is 0 Å². The number of carbonyl (C=O) groups excluding carboxylic acids is 1. The molecule has 0 aliphatic rings. The van der Waals surface area contributed by atoms with Gasteiger partial charge >= 0.3 is 12.6 Å². The number of methoxy groups -OCH3 is 1. The van der Waals surface area contributed by atoms with E-state index in [1.165, 1.54) is 13.2 Å². The minimum Gasteiger partial charge on any atom is -0.465 e. The molecule has 0 spiro atoms. The molecule has 6 heteroatoms. The number of alkyl halides is 3. The minimum atomic E-state index is -2.99. The number of halogens is 3. The van der Waals surface area contributed by atoms with E-state index >= 15 is 0 Å². The van der Waals surface area contributed by atoms with Crippen molar-refractivity contribution in [2.75, 3.05) is 7.11 Å². The molecule has 0 radical (unpaired) electrons. The van der Waals surface area contributed by atoms with Crippen molar-refractivity contribution in [2.24, 2.45) is 0 Å². The van der Waals surface area contributed by atoms with Gasteiger partial charge in [0, 0.05) is 10.9 Å². The van der Waals surface area contributed by atoms with Gasteiger partial charge in [0.1, 0.15) is 11.3 Å². The fraction of sp³-hybridized carbons (Fsp3) is 0.364. The normalized spacial score (nSPS) is 10.5. The van der Waals surface area contributed by atoms with Crippen LogP contribution in [0.15, 0.2) is 12.1 Å². The van der Waals surface area contributed by atoms with Crippen LogP contribution in [-0.4, -0.2) is 19.7 Å². The van der Waals surface area contributed by atoms with Crippen LogP contribution in [0.25, 0.3) is 0 Å². The van der Waals surface area contributed by atoms with E-state index in [-0.39, 0.29) is 11.3 Å². The molecule has 0 saturated heterocycles. The first-order chi connectivity index (χ1) is 7.99. The maximum atomic E-state index is 12.3. The zero-order chi connectivity index (χ0) is 13.0. The lowest BCUT2D eigenvalue weighted by Gasteiger charge is -2.14. The molecule has 0 N–H and O–H groups in total. The Morgan fingerprint density at radius 2 is 2.12 bits per heavy atom. The van der Waals surface area contributed by atoms with Crippen molar-refractivity contribution in [3.05, 3.63) is 28.8 Å². The van der Waals surface area contributed by atoms with Gasteiger partial charge in [0.15, 0.2) is 0 Å². The number of ether oxygens (including phenoxy) is 2. The summed E-state index contributed by atoms with van der Waals surface area (Å²) in [5, 5.41) is 0.306. The fourth-order valence-corrected chi connectivity index (χ4v) is 1.85. The molecule has 0 bridgehead atoms. The number of hydrogen-bond acceptors (Lipinski definition) is 3. The second-order valence-electron chi connectivity index (χ2n) is 3.30. The average molecular weight is 309 g/mol. The summed E-state index contributed by atoms with van der Waals surface area (Å²) < 4.78 is 33.5. The standard InChI is InChI=1S/C11H11BrF2O3/c1-6-3-7(5-12)9(17-11(13)14)8(4-6)10(15)16-2/h3-4,11H,5H2,1-2H3. The third-order valence-electron chi connectivity index (χ3n) is 2.07.